The van der Waals surface area contributed by atoms with Crippen LogP contribution >= 0.6 is 0 Å². The molecule has 1 aliphatic carbocycles. The van der Waals surface area contributed by atoms with Gasteiger partial charge in [0.25, 0.3) is 0 Å². The van der Waals surface area contributed by atoms with Gasteiger partial charge in [0, 0.05) is 50.2 Å². The summed E-state index contributed by atoms with van der Waals surface area (Å²) >= 11 is 0. The summed E-state index contributed by atoms with van der Waals surface area (Å²) in [5.74, 6) is 1.73. The van der Waals surface area contributed by atoms with Crippen LogP contribution in [0.1, 0.15) is 25.0 Å². The number of fused-ring (bicyclic) bond motifs is 6. The van der Waals surface area contributed by atoms with Gasteiger partial charge < -0.3 is 14.5 Å². The third-order valence-electron chi connectivity index (χ3n) is 13.0. The summed E-state index contributed by atoms with van der Waals surface area (Å²) in [6.07, 6.45) is 0. The molecule has 0 saturated heterocycles. The molecule has 1 aliphatic heterocycles. The maximum absolute atomic E-state index is 6.84. The first-order valence-electron chi connectivity index (χ1n) is 21.4. The number of nitrogens with zero attached hydrogens (tertiary/aromatic N) is 2. The van der Waals surface area contributed by atoms with Crippen molar-refractivity contribution in [1.82, 2.24) is 0 Å². The van der Waals surface area contributed by atoms with E-state index in [1.54, 1.807) is 0 Å². The van der Waals surface area contributed by atoms with E-state index in [9.17, 15) is 0 Å². The average Bonchev–Trinajstić information content (AvgIpc) is 3.55. The summed E-state index contributed by atoms with van der Waals surface area (Å²) in [7, 11) is 0. The van der Waals surface area contributed by atoms with Crippen LogP contribution in [0.5, 0.6) is 11.5 Å². The molecule has 0 spiro atoms. The molecule has 2 aliphatic rings. The van der Waals surface area contributed by atoms with Crippen LogP contribution < -0.4 is 14.5 Å². The number of rotatable bonds is 7. The van der Waals surface area contributed by atoms with Crippen molar-refractivity contribution in [2.75, 3.05) is 9.80 Å². The van der Waals surface area contributed by atoms with Gasteiger partial charge in [0.1, 0.15) is 11.5 Å². The van der Waals surface area contributed by atoms with Crippen molar-refractivity contribution in [2.24, 2.45) is 0 Å². The molecule has 0 N–H and O–H groups in total. The van der Waals surface area contributed by atoms with E-state index in [0.29, 0.717) is 0 Å². The number of benzene rings is 10. The smallest absolute Gasteiger partial charge is 0.135 e. The van der Waals surface area contributed by atoms with E-state index in [-0.39, 0.29) is 5.41 Å². The lowest BCUT2D eigenvalue weighted by atomic mass is 9.82. The molecule has 3 nitrogen and oxygen atoms in total. The van der Waals surface area contributed by atoms with Crippen LogP contribution in [0.15, 0.2) is 218 Å². The minimum Gasteiger partial charge on any atom is -0.456 e. The maximum atomic E-state index is 6.84. The van der Waals surface area contributed by atoms with Crippen molar-refractivity contribution in [3.05, 3.63) is 230 Å². The predicted molar refractivity (Wildman–Crippen MR) is 259 cm³/mol. The normalized spacial score (nSPS) is 12.9. The first kappa shape index (κ1) is 36.0. The Balaban J connectivity index is 0.902. The van der Waals surface area contributed by atoms with E-state index in [0.717, 1.165) is 73.1 Å². The first-order chi connectivity index (χ1) is 30.5. The SMILES string of the molecule is CC1(C)c2ccccc2-c2ccc(N(c3ccccc3)c3ccc(-c4ccc5c(c4)Oc4cccc6c(N(c7ccccc7)c7ccc8ccccc8c7)ccc-5c46)cc3)cc21. The number of para-hydroxylation sites is 2. The largest absolute Gasteiger partial charge is 0.456 e. The van der Waals surface area contributed by atoms with Crippen molar-refractivity contribution < 1.29 is 4.74 Å². The Hall–Kier alpha value is -7.88. The fourth-order valence-corrected chi connectivity index (χ4v) is 9.97. The van der Waals surface area contributed by atoms with Gasteiger partial charge in [-0.15, -0.1) is 0 Å². The number of hydrogen-bond donors (Lipinski definition) is 0. The number of hydrogen-bond acceptors (Lipinski definition) is 3. The molecule has 62 heavy (non-hydrogen) atoms. The van der Waals surface area contributed by atoms with Crippen LogP contribution in [0.25, 0.3) is 54.9 Å². The molecule has 0 radical (unpaired) electrons. The maximum Gasteiger partial charge on any atom is 0.135 e. The molecule has 3 heteroatoms. The second kappa shape index (κ2) is 14.1. The molecule has 294 valence electrons. The van der Waals surface area contributed by atoms with E-state index < -0.39 is 0 Å². The Morgan fingerprint density at radius 2 is 0.952 bits per heavy atom. The summed E-state index contributed by atoms with van der Waals surface area (Å²) in [5.41, 5.74) is 16.5. The summed E-state index contributed by atoms with van der Waals surface area (Å²) in [4.78, 5) is 4.73. The van der Waals surface area contributed by atoms with Crippen LogP contribution in [0.3, 0.4) is 0 Å². The van der Waals surface area contributed by atoms with Gasteiger partial charge in [0.2, 0.25) is 0 Å². The first-order valence-corrected chi connectivity index (χ1v) is 21.4. The lowest BCUT2D eigenvalue weighted by Gasteiger charge is -2.29. The molecule has 10 aromatic rings. The molecule has 0 saturated carbocycles. The van der Waals surface area contributed by atoms with Crippen molar-refractivity contribution in [3.63, 3.8) is 0 Å². The van der Waals surface area contributed by atoms with E-state index in [4.69, 9.17) is 4.74 Å². The van der Waals surface area contributed by atoms with E-state index in [1.165, 1.54) is 38.6 Å². The number of ether oxygens (including phenoxy) is 1. The van der Waals surface area contributed by atoms with Crippen LogP contribution in [0.4, 0.5) is 34.1 Å². The van der Waals surface area contributed by atoms with Gasteiger partial charge in [-0.1, -0.05) is 147 Å². The minimum atomic E-state index is -0.0859. The summed E-state index contributed by atoms with van der Waals surface area (Å²) < 4.78 is 6.84. The highest BCUT2D eigenvalue weighted by molar-refractivity contribution is 6.11. The molecule has 0 unspecified atom stereocenters. The third kappa shape index (κ3) is 5.73. The Bertz CT molecular complexity index is 3350. The van der Waals surface area contributed by atoms with Gasteiger partial charge >= 0.3 is 0 Å². The second-order valence-electron chi connectivity index (χ2n) is 16.9. The Kier molecular flexibility index (Phi) is 8.20. The van der Waals surface area contributed by atoms with Crippen LogP contribution in [0, 0.1) is 0 Å². The molecular formula is C59H42N2O. The lowest BCUT2D eigenvalue weighted by molar-refractivity contribution is 0.487. The van der Waals surface area contributed by atoms with Crippen LogP contribution in [-0.4, -0.2) is 0 Å². The van der Waals surface area contributed by atoms with Gasteiger partial charge in [-0.05, 0) is 135 Å². The van der Waals surface area contributed by atoms with Gasteiger partial charge in [-0.25, -0.2) is 0 Å². The van der Waals surface area contributed by atoms with E-state index in [1.807, 2.05) is 0 Å². The Morgan fingerprint density at radius 1 is 0.355 bits per heavy atom. The molecule has 0 aromatic heterocycles. The van der Waals surface area contributed by atoms with Crippen molar-refractivity contribution in [3.8, 4) is 44.9 Å². The average molecular weight is 795 g/mol. The highest BCUT2D eigenvalue weighted by Crippen LogP contribution is 2.53. The minimum absolute atomic E-state index is 0.0859. The van der Waals surface area contributed by atoms with Gasteiger partial charge in [-0.2, -0.15) is 0 Å². The zero-order valence-electron chi connectivity index (χ0n) is 34.6. The summed E-state index contributed by atoms with van der Waals surface area (Å²) in [5, 5.41) is 4.69. The third-order valence-corrected chi connectivity index (χ3v) is 13.0. The highest BCUT2D eigenvalue weighted by atomic mass is 16.5. The van der Waals surface area contributed by atoms with Crippen LogP contribution in [0.2, 0.25) is 0 Å². The van der Waals surface area contributed by atoms with E-state index >= 15 is 0 Å². The Labute approximate surface area is 362 Å². The molecule has 10 aromatic carbocycles. The fraction of sp³-hybridized carbons (Fsp3) is 0.0508. The zero-order chi connectivity index (χ0) is 41.4. The standard InChI is InChI=1S/C59H42N2O/c1-59(2)53-22-12-11-20-48(53)49-33-31-47(38-54(49)59)60(43-16-5-3-6-17-43)45-28-24-40(25-29-45)42-27-32-50-51-34-35-55(52-21-13-23-56(58(51)52)62-57(50)37-42)61(44-18-7-4-8-19-44)46-30-26-39-14-9-10-15-41(39)36-46/h3-38H,1-2H3. The number of anilines is 6. The van der Waals surface area contributed by atoms with Gasteiger partial charge in [0.05, 0.1) is 5.69 Å². The Morgan fingerprint density at radius 3 is 1.76 bits per heavy atom. The van der Waals surface area contributed by atoms with Gasteiger partial charge in [-0.3, -0.25) is 0 Å². The highest BCUT2D eigenvalue weighted by Gasteiger charge is 2.36. The van der Waals surface area contributed by atoms with E-state index in [2.05, 4.69) is 242 Å². The monoisotopic (exact) mass is 794 g/mol. The molecule has 0 bridgehead atoms. The molecule has 12 rings (SSSR count). The quantitative estimate of drug-likeness (QED) is 0.160. The van der Waals surface area contributed by atoms with Crippen LogP contribution in [-0.2, 0) is 5.41 Å². The molecular weight excluding hydrogens is 753 g/mol. The topological polar surface area (TPSA) is 15.7 Å². The molecule has 0 amide bonds. The fourth-order valence-electron chi connectivity index (χ4n) is 9.97. The van der Waals surface area contributed by atoms with Crippen molar-refractivity contribution in [2.45, 2.75) is 19.3 Å². The lowest BCUT2D eigenvalue weighted by Crippen LogP contribution is -2.16. The molecule has 0 atom stereocenters. The molecule has 0 fully saturated rings. The van der Waals surface area contributed by atoms with Crippen molar-refractivity contribution >= 4 is 55.7 Å². The molecule has 1 heterocycles. The zero-order valence-corrected chi connectivity index (χ0v) is 34.6. The van der Waals surface area contributed by atoms with Crippen molar-refractivity contribution in [1.29, 1.82) is 0 Å². The summed E-state index contributed by atoms with van der Waals surface area (Å²) in [6.45, 7) is 4.68. The summed E-state index contributed by atoms with van der Waals surface area (Å²) in [6, 6.07) is 78.9. The van der Waals surface area contributed by atoms with Gasteiger partial charge in [0.15, 0.2) is 0 Å². The predicted octanol–water partition coefficient (Wildman–Crippen LogP) is 16.7. The second-order valence-corrected chi connectivity index (χ2v) is 16.9.